The van der Waals surface area contributed by atoms with E-state index in [9.17, 15) is 14.7 Å². The number of nitrogens with one attached hydrogen (secondary N) is 2. The monoisotopic (exact) mass is 293 g/mol. The summed E-state index contributed by atoms with van der Waals surface area (Å²) in [5, 5.41) is 12.1. The molecule has 1 fully saturated rings. The number of aromatic nitrogens is 2. The Morgan fingerprint density at radius 2 is 2.19 bits per heavy atom. The van der Waals surface area contributed by atoms with Crippen LogP contribution < -0.4 is 5.32 Å². The minimum atomic E-state index is -0.846. The number of carbonyl (C=O) groups is 2. The summed E-state index contributed by atoms with van der Waals surface area (Å²) in [5.74, 6) is -0.611. The van der Waals surface area contributed by atoms with Gasteiger partial charge >= 0.3 is 5.97 Å². The summed E-state index contributed by atoms with van der Waals surface area (Å²) in [6.45, 7) is 2.60. The highest BCUT2D eigenvalue weighted by Crippen LogP contribution is 2.38. The number of carboxylic acids is 1. The van der Waals surface area contributed by atoms with E-state index in [1.54, 1.807) is 12.4 Å². The van der Waals surface area contributed by atoms with E-state index in [-0.39, 0.29) is 11.8 Å². The molecule has 3 unspecified atom stereocenters. The van der Waals surface area contributed by atoms with Crippen LogP contribution in [0.3, 0.4) is 0 Å². The van der Waals surface area contributed by atoms with Crippen LogP contribution in [0.1, 0.15) is 38.4 Å². The number of imidazole rings is 1. The van der Waals surface area contributed by atoms with Crippen LogP contribution in [0.15, 0.2) is 12.4 Å². The van der Waals surface area contributed by atoms with Crippen molar-refractivity contribution in [3.63, 3.8) is 0 Å². The summed E-state index contributed by atoms with van der Waals surface area (Å²) in [4.78, 5) is 30.6. The number of nitrogens with zero attached hydrogens (tertiary/aromatic N) is 1. The summed E-state index contributed by atoms with van der Waals surface area (Å²) in [6, 6.07) is 0. The molecule has 0 saturated heterocycles. The van der Waals surface area contributed by atoms with Gasteiger partial charge in [0.15, 0.2) is 0 Å². The van der Waals surface area contributed by atoms with Crippen molar-refractivity contribution in [2.45, 2.75) is 39.0 Å². The van der Waals surface area contributed by atoms with E-state index in [0.29, 0.717) is 25.3 Å². The third kappa shape index (κ3) is 4.06. The molecule has 6 nitrogen and oxygen atoms in total. The lowest BCUT2D eigenvalue weighted by atomic mass is 9.95. The molecule has 2 rings (SSSR count). The van der Waals surface area contributed by atoms with Crippen LogP contribution in [0, 0.1) is 17.8 Å². The van der Waals surface area contributed by atoms with Crippen LogP contribution in [0.4, 0.5) is 0 Å². The number of carboxylic acid groups (broad SMARTS) is 1. The van der Waals surface area contributed by atoms with Crippen molar-refractivity contribution < 1.29 is 14.7 Å². The van der Waals surface area contributed by atoms with Crippen molar-refractivity contribution in [2.24, 2.45) is 17.8 Å². The minimum absolute atomic E-state index is 0.113. The molecule has 0 aliphatic heterocycles. The van der Waals surface area contributed by atoms with Crippen LogP contribution in [0.2, 0.25) is 0 Å². The van der Waals surface area contributed by atoms with Crippen LogP contribution in [0.5, 0.6) is 0 Å². The predicted molar refractivity (Wildman–Crippen MR) is 77.5 cm³/mol. The maximum Gasteiger partial charge on any atom is 0.307 e. The van der Waals surface area contributed by atoms with Gasteiger partial charge in [-0.05, 0) is 25.2 Å². The number of aromatic amines is 1. The van der Waals surface area contributed by atoms with Gasteiger partial charge in [-0.2, -0.15) is 0 Å². The normalized spacial score (nSPS) is 24.9. The van der Waals surface area contributed by atoms with Gasteiger partial charge in [0.25, 0.3) is 0 Å². The number of aliphatic carboxylic acids is 1. The van der Waals surface area contributed by atoms with E-state index in [4.69, 9.17) is 0 Å². The lowest BCUT2D eigenvalue weighted by Gasteiger charge is -2.15. The molecule has 0 aromatic carbocycles. The van der Waals surface area contributed by atoms with Crippen LogP contribution in [-0.2, 0) is 16.0 Å². The molecule has 1 aliphatic rings. The molecule has 3 N–H and O–H groups in total. The van der Waals surface area contributed by atoms with Gasteiger partial charge in [-0.3, -0.25) is 9.59 Å². The molecule has 1 heterocycles. The summed E-state index contributed by atoms with van der Waals surface area (Å²) in [5.41, 5.74) is 0. The summed E-state index contributed by atoms with van der Waals surface area (Å²) in [7, 11) is 0. The molecule has 0 bridgehead atoms. The minimum Gasteiger partial charge on any atom is -0.481 e. The predicted octanol–water partition coefficient (Wildman–Crippen LogP) is 1.60. The Bertz CT molecular complexity index is 473. The van der Waals surface area contributed by atoms with E-state index >= 15 is 0 Å². The smallest absolute Gasteiger partial charge is 0.307 e. The Kier molecular flexibility index (Phi) is 5.36. The van der Waals surface area contributed by atoms with E-state index in [1.807, 2.05) is 6.92 Å². The Balaban J connectivity index is 1.77. The van der Waals surface area contributed by atoms with Crippen molar-refractivity contribution in [3.8, 4) is 0 Å². The summed E-state index contributed by atoms with van der Waals surface area (Å²) >= 11 is 0. The average molecular weight is 293 g/mol. The summed E-state index contributed by atoms with van der Waals surface area (Å²) in [6.07, 6.45) is 7.29. The lowest BCUT2D eigenvalue weighted by molar-refractivity contribution is -0.146. The van der Waals surface area contributed by atoms with Gasteiger partial charge in [0.1, 0.15) is 5.82 Å². The zero-order valence-corrected chi connectivity index (χ0v) is 12.3. The Labute approximate surface area is 124 Å². The SMILES string of the molecule is CCC1CC(C(=O)O)C(C(=O)NCCCc2ncc[nH]2)C1. The highest BCUT2D eigenvalue weighted by molar-refractivity contribution is 5.85. The summed E-state index contributed by atoms with van der Waals surface area (Å²) < 4.78 is 0. The molecular weight excluding hydrogens is 270 g/mol. The standard InChI is InChI=1S/C15H23N3O3/c1-2-10-8-11(12(9-10)15(20)21)14(19)18-5-3-4-13-16-6-7-17-13/h6-7,10-12H,2-5,8-9H2,1H3,(H,16,17)(H,18,19)(H,20,21). The van der Waals surface area contributed by atoms with Gasteiger partial charge in [0.05, 0.1) is 11.8 Å². The second-order valence-electron chi connectivity index (χ2n) is 5.73. The number of rotatable bonds is 7. The molecular formula is C15H23N3O3. The number of H-pyrrole nitrogens is 1. The topological polar surface area (TPSA) is 95.1 Å². The van der Waals surface area contributed by atoms with Crippen molar-refractivity contribution in [2.75, 3.05) is 6.54 Å². The number of aryl methyl sites for hydroxylation is 1. The third-order valence-corrected chi connectivity index (χ3v) is 4.34. The van der Waals surface area contributed by atoms with Crippen LogP contribution >= 0.6 is 0 Å². The first-order valence-corrected chi connectivity index (χ1v) is 7.60. The van der Waals surface area contributed by atoms with Crippen molar-refractivity contribution >= 4 is 11.9 Å². The first-order valence-electron chi connectivity index (χ1n) is 7.60. The fraction of sp³-hybridized carbons (Fsp3) is 0.667. The molecule has 1 aliphatic carbocycles. The van der Waals surface area contributed by atoms with Gasteiger partial charge in [0, 0.05) is 25.4 Å². The van der Waals surface area contributed by atoms with E-state index in [0.717, 1.165) is 25.1 Å². The first-order chi connectivity index (χ1) is 10.1. The van der Waals surface area contributed by atoms with Gasteiger partial charge < -0.3 is 15.4 Å². The zero-order chi connectivity index (χ0) is 15.2. The molecule has 1 saturated carbocycles. The highest BCUT2D eigenvalue weighted by Gasteiger charge is 2.41. The molecule has 0 spiro atoms. The number of hydrogen-bond acceptors (Lipinski definition) is 3. The van der Waals surface area contributed by atoms with Gasteiger partial charge in [-0.25, -0.2) is 4.98 Å². The molecule has 1 aromatic heterocycles. The lowest BCUT2D eigenvalue weighted by Crippen LogP contribution is -2.35. The van der Waals surface area contributed by atoms with Crippen LogP contribution in [0.25, 0.3) is 0 Å². The number of amides is 1. The van der Waals surface area contributed by atoms with Crippen molar-refractivity contribution in [1.29, 1.82) is 0 Å². The number of hydrogen-bond donors (Lipinski definition) is 3. The molecule has 6 heteroatoms. The molecule has 21 heavy (non-hydrogen) atoms. The molecule has 1 aromatic rings. The average Bonchev–Trinajstić information content (AvgIpc) is 3.12. The maximum atomic E-state index is 12.2. The first kappa shape index (κ1) is 15.5. The van der Waals surface area contributed by atoms with Crippen molar-refractivity contribution in [1.82, 2.24) is 15.3 Å². The molecule has 1 amide bonds. The maximum absolute atomic E-state index is 12.2. The molecule has 0 radical (unpaired) electrons. The Morgan fingerprint density at radius 1 is 1.43 bits per heavy atom. The van der Waals surface area contributed by atoms with Gasteiger partial charge in [-0.1, -0.05) is 13.3 Å². The molecule has 116 valence electrons. The zero-order valence-electron chi connectivity index (χ0n) is 12.3. The van der Waals surface area contributed by atoms with E-state index in [2.05, 4.69) is 15.3 Å². The van der Waals surface area contributed by atoms with Gasteiger partial charge in [-0.15, -0.1) is 0 Å². The quantitative estimate of drug-likeness (QED) is 0.665. The van der Waals surface area contributed by atoms with Crippen LogP contribution in [-0.4, -0.2) is 33.5 Å². The second kappa shape index (κ2) is 7.24. The second-order valence-corrected chi connectivity index (χ2v) is 5.73. The van der Waals surface area contributed by atoms with E-state index < -0.39 is 11.9 Å². The fourth-order valence-corrected chi connectivity index (χ4v) is 3.07. The Morgan fingerprint density at radius 3 is 2.81 bits per heavy atom. The largest absolute Gasteiger partial charge is 0.481 e. The Hall–Kier alpha value is -1.85. The third-order valence-electron chi connectivity index (χ3n) is 4.34. The fourth-order valence-electron chi connectivity index (χ4n) is 3.07. The van der Waals surface area contributed by atoms with E-state index in [1.165, 1.54) is 0 Å². The molecule has 3 atom stereocenters. The van der Waals surface area contributed by atoms with Crippen molar-refractivity contribution in [3.05, 3.63) is 18.2 Å². The number of carbonyl (C=O) groups excluding carboxylic acids is 1. The van der Waals surface area contributed by atoms with Gasteiger partial charge in [0.2, 0.25) is 5.91 Å². The highest BCUT2D eigenvalue weighted by atomic mass is 16.4.